The summed E-state index contributed by atoms with van der Waals surface area (Å²) in [5, 5.41) is 10.6. The van der Waals surface area contributed by atoms with Gasteiger partial charge in [0.15, 0.2) is 0 Å². The first-order valence-electron chi connectivity index (χ1n) is 8.13. The van der Waals surface area contributed by atoms with Gasteiger partial charge < -0.3 is 10.0 Å². The first kappa shape index (κ1) is 13.9. The first-order valence-corrected chi connectivity index (χ1v) is 8.51. The van der Waals surface area contributed by atoms with Crippen molar-refractivity contribution in [3.05, 3.63) is 29.3 Å². The van der Waals surface area contributed by atoms with Gasteiger partial charge in [0.1, 0.15) is 0 Å². The number of piperidine rings is 1. The van der Waals surface area contributed by atoms with Crippen molar-refractivity contribution < 1.29 is 5.11 Å². The molecule has 3 nitrogen and oxygen atoms in total. The van der Waals surface area contributed by atoms with Gasteiger partial charge in [-0.05, 0) is 49.4 Å². The van der Waals surface area contributed by atoms with E-state index in [1.165, 1.54) is 25.1 Å². The van der Waals surface area contributed by atoms with Crippen molar-refractivity contribution in [2.75, 3.05) is 31.1 Å². The minimum absolute atomic E-state index is 0.0193. The van der Waals surface area contributed by atoms with E-state index in [2.05, 4.69) is 21.9 Å². The zero-order chi connectivity index (χ0) is 14.4. The summed E-state index contributed by atoms with van der Waals surface area (Å²) >= 11 is 5.96. The summed E-state index contributed by atoms with van der Waals surface area (Å²) < 4.78 is 0. The number of aliphatic hydroxyl groups is 1. The van der Waals surface area contributed by atoms with E-state index in [1.54, 1.807) is 0 Å². The van der Waals surface area contributed by atoms with Crippen LogP contribution >= 0.6 is 11.6 Å². The van der Waals surface area contributed by atoms with Crippen LogP contribution in [0.3, 0.4) is 0 Å². The Kier molecular flexibility index (Phi) is 3.60. The second kappa shape index (κ2) is 5.45. The van der Waals surface area contributed by atoms with E-state index in [0.717, 1.165) is 37.0 Å². The first-order chi connectivity index (χ1) is 10.2. The van der Waals surface area contributed by atoms with Crippen LogP contribution in [0.2, 0.25) is 5.02 Å². The number of aliphatic hydroxyl groups excluding tert-OH is 1. The highest BCUT2D eigenvalue weighted by Crippen LogP contribution is 2.42. The molecular weight excluding hydrogens is 284 g/mol. The SMILES string of the molecule is O[C@@H]1C[C@@H]2CN(C3CCN(c4ccc(Cl)cc4)CC3)C[C@@H]21. The Morgan fingerprint density at radius 1 is 1.05 bits per heavy atom. The number of hydrogen-bond donors (Lipinski definition) is 1. The van der Waals surface area contributed by atoms with Crippen molar-refractivity contribution in [3.8, 4) is 0 Å². The van der Waals surface area contributed by atoms with Gasteiger partial charge in [0.05, 0.1) is 6.10 Å². The van der Waals surface area contributed by atoms with Crippen LogP contribution in [0.4, 0.5) is 5.69 Å². The van der Waals surface area contributed by atoms with E-state index in [0.29, 0.717) is 12.0 Å². The average molecular weight is 307 g/mol. The number of rotatable bonds is 2. The summed E-state index contributed by atoms with van der Waals surface area (Å²) in [7, 11) is 0. The van der Waals surface area contributed by atoms with E-state index in [4.69, 9.17) is 11.6 Å². The maximum Gasteiger partial charge on any atom is 0.0587 e. The van der Waals surface area contributed by atoms with Gasteiger partial charge in [0.2, 0.25) is 0 Å². The summed E-state index contributed by atoms with van der Waals surface area (Å²) in [6.45, 7) is 4.59. The predicted octanol–water partition coefficient (Wildman–Crippen LogP) is 2.62. The Bertz CT molecular complexity index is 498. The number of halogens is 1. The fourth-order valence-electron chi connectivity index (χ4n) is 4.34. The van der Waals surface area contributed by atoms with Crippen LogP contribution in [0.15, 0.2) is 24.3 Å². The molecule has 114 valence electrons. The fourth-order valence-corrected chi connectivity index (χ4v) is 4.47. The molecule has 1 aliphatic carbocycles. The molecule has 0 unspecified atom stereocenters. The monoisotopic (exact) mass is 306 g/mol. The highest BCUT2D eigenvalue weighted by atomic mass is 35.5. The lowest BCUT2D eigenvalue weighted by Crippen LogP contribution is -2.44. The second-order valence-electron chi connectivity index (χ2n) is 6.88. The van der Waals surface area contributed by atoms with E-state index in [1.807, 2.05) is 12.1 Å². The van der Waals surface area contributed by atoms with E-state index >= 15 is 0 Å². The molecule has 2 saturated heterocycles. The molecule has 4 heteroatoms. The quantitative estimate of drug-likeness (QED) is 0.910. The van der Waals surface area contributed by atoms with Crippen LogP contribution in [-0.2, 0) is 0 Å². The normalized spacial score (nSPS) is 33.8. The van der Waals surface area contributed by atoms with Gasteiger partial charge in [-0.15, -0.1) is 0 Å². The number of likely N-dealkylation sites (tertiary alicyclic amines) is 1. The Labute approximate surface area is 131 Å². The topological polar surface area (TPSA) is 26.7 Å². The third-order valence-corrected chi connectivity index (χ3v) is 5.98. The van der Waals surface area contributed by atoms with Gasteiger partial charge in [0, 0.05) is 48.8 Å². The molecule has 0 aromatic heterocycles. The zero-order valence-electron chi connectivity index (χ0n) is 12.3. The third kappa shape index (κ3) is 2.56. The summed E-state index contributed by atoms with van der Waals surface area (Å²) in [5.74, 6) is 1.34. The molecule has 1 saturated carbocycles. The van der Waals surface area contributed by atoms with Crippen molar-refractivity contribution in [3.63, 3.8) is 0 Å². The van der Waals surface area contributed by atoms with Gasteiger partial charge in [0.25, 0.3) is 0 Å². The Morgan fingerprint density at radius 2 is 1.76 bits per heavy atom. The molecule has 4 rings (SSSR count). The molecule has 2 heterocycles. The molecular formula is C17H23ClN2O. The number of benzene rings is 1. The molecule has 0 radical (unpaired) electrons. The van der Waals surface area contributed by atoms with Crippen LogP contribution in [-0.4, -0.2) is 48.3 Å². The largest absolute Gasteiger partial charge is 0.393 e. The predicted molar refractivity (Wildman–Crippen MR) is 85.9 cm³/mol. The van der Waals surface area contributed by atoms with Crippen molar-refractivity contribution in [2.45, 2.75) is 31.4 Å². The molecule has 3 aliphatic rings. The van der Waals surface area contributed by atoms with Crippen LogP contribution in [0.5, 0.6) is 0 Å². The molecule has 1 N–H and O–H groups in total. The van der Waals surface area contributed by atoms with E-state index < -0.39 is 0 Å². The number of nitrogens with zero attached hydrogens (tertiary/aromatic N) is 2. The maximum atomic E-state index is 9.80. The van der Waals surface area contributed by atoms with Gasteiger partial charge in [-0.25, -0.2) is 0 Å². The van der Waals surface area contributed by atoms with Crippen molar-refractivity contribution in [1.82, 2.24) is 4.90 Å². The molecule has 2 aliphatic heterocycles. The Balaban J connectivity index is 1.34. The molecule has 21 heavy (non-hydrogen) atoms. The molecule has 1 aromatic rings. The number of anilines is 1. The smallest absolute Gasteiger partial charge is 0.0587 e. The summed E-state index contributed by atoms with van der Waals surface area (Å²) in [6.07, 6.45) is 3.48. The lowest BCUT2D eigenvalue weighted by molar-refractivity contribution is -0.00448. The molecule has 0 spiro atoms. The van der Waals surface area contributed by atoms with Crippen LogP contribution < -0.4 is 4.90 Å². The van der Waals surface area contributed by atoms with Gasteiger partial charge in [-0.3, -0.25) is 4.90 Å². The van der Waals surface area contributed by atoms with Crippen molar-refractivity contribution >= 4 is 17.3 Å². The summed E-state index contributed by atoms with van der Waals surface area (Å²) in [4.78, 5) is 5.11. The molecule has 0 amide bonds. The van der Waals surface area contributed by atoms with Gasteiger partial charge in [-0.1, -0.05) is 11.6 Å². The molecule has 3 fully saturated rings. The van der Waals surface area contributed by atoms with Crippen molar-refractivity contribution in [1.29, 1.82) is 0 Å². The Hall–Kier alpha value is -0.770. The second-order valence-corrected chi connectivity index (χ2v) is 7.31. The summed E-state index contributed by atoms with van der Waals surface area (Å²) in [6, 6.07) is 8.90. The van der Waals surface area contributed by atoms with Crippen LogP contribution in [0.25, 0.3) is 0 Å². The van der Waals surface area contributed by atoms with Crippen LogP contribution in [0, 0.1) is 11.8 Å². The lowest BCUT2D eigenvalue weighted by atomic mass is 9.74. The standard InChI is InChI=1S/C17H23ClN2O/c18-13-1-3-14(4-2-13)19-7-5-15(6-8-19)20-10-12-9-17(21)16(12)11-20/h1-4,12,15-17,21H,5-11H2/t12-,16+,17-/m1/s1. The van der Waals surface area contributed by atoms with Crippen LogP contribution in [0.1, 0.15) is 19.3 Å². The minimum atomic E-state index is -0.0193. The third-order valence-electron chi connectivity index (χ3n) is 5.73. The average Bonchev–Trinajstić information content (AvgIpc) is 2.86. The van der Waals surface area contributed by atoms with Gasteiger partial charge >= 0.3 is 0 Å². The minimum Gasteiger partial charge on any atom is -0.393 e. The number of fused-ring (bicyclic) bond motifs is 1. The van der Waals surface area contributed by atoms with Crippen molar-refractivity contribution in [2.24, 2.45) is 11.8 Å². The van der Waals surface area contributed by atoms with E-state index in [9.17, 15) is 5.11 Å². The van der Waals surface area contributed by atoms with Gasteiger partial charge in [-0.2, -0.15) is 0 Å². The fraction of sp³-hybridized carbons (Fsp3) is 0.647. The van der Waals surface area contributed by atoms with E-state index in [-0.39, 0.29) is 6.10 Å². The molecule has 1 aromatic carbocycles. The Morgan fingerprint density at radius 3 is 2.38 bits per heavy atom. The summed E-state index contributed by atoms with van der Waals surface area (Å²) in [5.41, 5.74) is 1.29. The maximum absolute atomic E-state index is 9.80. The molecule has 3 atom stereocenters. The number of hydrogen-bond acceptors (Lipinski definition) is 3. The highest BCUT2D eigenvalue weighted by molar-refractivity contribution is 6.30. The molecule has 0 bridgehead atoms. The lowest BCUT2D eigenvalue weighted by Gasteiger charge is -2.38. The zero-order valence-corrected chi connectivity index (χ0v) is 13.0. The highest BCUT2D eigenvalue weighted by Gasteiger charge is 2.47.